The molecule has 9 nitrogen and oxygen atoms in total. The number of aromatic nitrogens is 3. The SMILES string of the molecule is CNCC(O)COc1cccc(-c2nc(OCC3CCCOCC3)c(C)c(-c3c(C)noc3C)n2)c1. The number of ether oxygens (including phenoxy) is 3. The normalized spacial score (nSPS) is 17.0. The third-order valence-corrected chi connectivity index (χ3v) is 6.37. The van der Waals surface area contributed by atoms with Crippen LogP contribution >= 0.6 is 0 Å². The van der Waals surface area contributed by atoms with Crippen molar-refractivity contribution in [1.29, 1.82) is 0 Å². The van der Waals surface area contributed by atoms with Crippen LogP contribution in [0.15, 0.2) is 28.8 Å². The summed E-state index contributed by atoms with van der Waals surface area (Å²) in [4.78, 5) is 9.73. The molecule has 2 unspecified atom stereocenters. The molecule has 2 N–H and O–H groups in total. The maximum Gasteiger partial charge on any atom is 0.220 e. The van der Waals surface area contributed by atoms with E-state index >= 15 is 0 Å². The number of aliphatic hydroxyl groups excluding tert-OH is 1. The van der Waals surface area contributed by atoms with Gasteiger partial charge in [-0.3, -0.25) is 0 Å². The van der Waals surface area contributed by atoms with Crippen molar-refractivity contribution in [3.8, 4) is 34.3 Å². The van der Waals surface area contributed by atoms with Gasteiger partial charge in [-0.15, -0.1) is 0 Å². The molecule has 3 heterocycles. The van der Waals surface area contributed by atoms with Crippen LogP contribution in [0.5, 0.6) is 11.6 Å². The molecular weight excluding hydrogens is 460 g/mol. The van der Waals surface area contributed by atoms with Gasteiger partial charge in [0.25, 0.3) is 0 Å². The minimum absolute atomic E-state index is 0.183. The standard InChI is InChI=1S/C27H36N4O5/c1-17-25(24-18(2)31-36-19(24)3)29-26(30-27(17)35-15-20-7-6-11-33-12-10-20)21-8-5-9-23(13-21)34-16-22(32)14-28-4/h5,8-9,13,20,22,28,32H,6-7,10-12,14-16H2,1-4H3. The van der Waals surface area contributed by atoms with Gasteiger partial charge in [-0.25, -0.2) is 4.98 Å². The number of aliphatic hydroxyl groups is 1. The molecule has 0 amide bonds. The Morgan fingerprint density at radius 2 is 2.00 bits per heavy atom. The molecule has 0 spiro atoms. The molecule has 0 saturated carbocycles. The van der Waals surface area contributed by atoms with Crippen molar-refractivity contribution in [2.75, 3.05) is 40.0 Å². The first-order valence-electron chi connectivity index (χ1n) is 12.5. The monoisotopic (exact) mass is 496 g/mol. The Bertz CT molecular complexity index is 1120. The van der Waals surface area contributed by atoms with Gasteiger partial charge in [-0.2, -0.15) is 4.98 Å². The van der Waals surface area contributed by atoms with E-state index in [1.54, 1.807) is 7.05 Å². The van der Waals surface area contributed by atoms with Crippen molar-refractivity contribution in [2.45, 2.75) is 46.1 Å². The van der Waals surface area contributed by atoms with Crippen LogP contribution in [0.3, 0.4) is 0 Å². The highest BCUT2D eigenvalue weighted by Crippen LogP contribution is 2.35. The summed E-state index contributed by atoms with van der Waals surface area (Å²) in [7, 11) is 1.79. The minimum atomic E-state index is -0.602. The molecule has 3 aromatic rings. The molecular formula is C27H36N4O5. The van der Waals surface area contributed by atoms with E-state index in [1.807, 2.05) is 45.0 Å². The number of nitrogens with zero attached hydrogens (tertiary/aromatic N) is 3. The van der Waals surface area contributed by atoms with Crippen LogP contribution in [0.1, 0.15) is 36.3 Å². The zero-order chi connectivity index (χ0) is 25.5. The third-order valence-electron chi connectivity index (χ3n) is 6.37. The molecule has 2 aromatic heterocycles. The topological polar surface area (TPSA) is 112 Å². The predicted octanol–water partition coefficient (Wildman–Crippen LogP) is 3.88. The number of benzene rings is 1. The van der Waals surface area contributed by atoms with Gasteiger partial charge >= 0.3 is 0 Å². The summed E-state index contributed by atoms with van der Waals surface area (Å²) in [5.41, 5.74) is 4.00. The highest BCUT2D eigenvalue weighted by molar-refractivity contribution is 5.71. The Labute approximate surface area is 212 Å². The van der Waals surface area contributed by atoms with Gasteiger partial charge < -0.3 is 29.2 Å². The van der Waals surface area contributed by atoms with E-state index in [0.717, 1.165) is 60.6 Å². The van der Waals surface area contributed by atoms with Crippen LogP contribution in [-0.4, -0.2) is 66.4 Å². The summed E-state index contributed by atoms with van der Waals surface area (Å²) < 4.78 is 23.2. The van der Waals surface area contributed by atoms with Crippen molar-refractivity contribution >= 4 is 0 Å². The highest BCUT2D eigenvalue weighted by atomic mass is 16.5. The number of nitrogens with one attached hydrogen (secondary N) is 1. The van der Waals surface area contributed by atoms with Crippen LogP contribution in [0.25, 0.3) is 22.6 Å². The first-order valence-corrected chi connectivity index (χ1v) is 12.5. The number of aryl methyl sites for hydroxylation is 2. The summed E-state index contributed by atoms with van der Waals surface area (Å²) in [5, 5.41) is 17.1. The van der Waals surface area contributed by atoms with E-state index in [0.29, 0.717) is 42.3 Å². The fourth-order valence-corrected chi connectivity index (χ4v) is 4.38. The van der Waals surface area contributed by atoms with Crippen LogP contribution in [-0.2, 0) is 4.74 Å². The largest absolute Gasteiger partial charge is 0.491 e. The minimum Gasteiger partial charge on any atom is -0.491 e. The molecule has 194 valence electrons. The number of rotatable bonds is 10. The quantitative estimate of drug-likeness (QED) is 0.432. The Balaban J connectivity index is 1.66. The zero-order valence-electron chi connectivity index (χ0n) is 21.5. The number of hydrogen-bond acceptors (Lipinski definition) is 9. The van der Waals surface area contributed by atoms with Crippen molar-refractivity contribution in [3.05, 3.63) is 41.3 Å². The Morgan fingerprint density at radius 1 is 1.14 bits per heavy atom. The Kier molecular flexibility index (Phi) is 8.90. The second-order valence-electron chi connectivity index (χ2n) is 9.30. The molecule has 2 atom stereocenters. The average Bonchev–Trinajstić information content (AvgIpc) is 3.05. The summed E-state index contributed by atoms with van der Waals surface area (Å²) in [6, 6.07) is 7.55. The van der Waals surface area contributed by atoms with E-state index in [-0.39, 0.29) is 6.61 Å². The van der Waals surface area contributed by atoms with Gasteiger partial charge in [0.1, 0.15) is 24.2 Å². The molecule has 9 heteroatoms. The lowest BCUT2D eigenvalue weighted by molar-refractivity contribution is 0.108. The Hall–Kier alpha value is -3.01. The van der Waals surface area contributed by atoms with Crippen LogP contribution in [0, 0.1) is 26.7 Å². The fraction of sp³-hybridized carbons (Fsp3) is 0.519. The average molecular weight is 497 g/mol. The van der Waals surface area contributed by atoms with Gasteiger partial charge in [0, 0.05) is 30.9 Å². The third kappa shape index (κ3) is 6.40. The molecule has 1 saturated heterocycles. The molecule has 4 rings (SSSR count). The van der Waals surface area contributed by atoms with Crippen LogP contribution < -0.4 is 14.8 Å². The van der Waals surface area contributed by atoms with Crippen molar-refractivity contribution in [1.82, 2.24) is 20.4 Å². The van der Waals surface area contributed by atoms with Crippen LogP contribution in [0.2, 0.25) is 0 Å². The molecule has 0 aliphatic carbocycles. The lowest BCUT2D eigenvalue weighted by Crippen LogP contribution is -2.29. The summed E-state index contributed by atoms with van der Waals surface area (Å²) >= 11 is 0. The van der Waals surface area contributed by atoms with Crippen molar-refractivity contribution in [2.24, 2.45) is 5.92 Å². The van der Waals surface area contributed by atoms with Gasteiger partial charge in [0.15, 0.2) is 5.82 Å². The zero-order valence-corrected chi connectivity index (χ0v) is 21.5. The molecule has 1 aliphatic rings. The first kappa shape index (κ1) is 26.1. The smallest absolute Gasteiger partial charge is 0.220 e. The van der Waals surface area contributed by atoms with E-state index < -0.39 is 6.10 Å². The summed E-state index contributed by atoms with van der Waals surface area (Å²) in [6.07, 6.45) is 2.50. The lowest BCUT2D eigenvalue weighted by Gasteiger charge is -2.18. The second-order valence-corrected chi connectivity index (χ2v) is 9.30. The number of likely N-dealkylation sites (N-methyl/N-ethyl adjacent to an activating group) is 1. The molecule has 0 radical (unpaired) electrons. The van der Waals surface area contributed by atoms with Gasteiger partial charge in [-0.05, 0) is 65.1 Å². The maximum absolute atomic E-state index is 9.99. The van der Waals surface area contributed by atoms with Crippen LogP contribution in [0.4, 0.5) is 0 Å². The first-order chi connectivity index (χ1) is 17.5. The highest BCUT2D eigenvalue weighted by Gasteiger charge is 2.22. The number of hydrogen-bond donors (Lipinski definition) is 2. The van der Waals surface area contributed by atoms with Crippen molar-refractivity contribution < 1.29 is 23.8 Å². The fourth-order valence-electron chi connectivity index (χ4n) is 4.38. The van der Waals surface area contributed by atoms with Gasteiger partial charge in [0.05, 0.1) is 23.6 Å². The molecule has 0 bridgehead atoms. The van der Waals surface area contributed by atoms with Crippen molar-refractivity contribution in [3.63, 3.8) is 0 Å². The predicted molar refractivity (Wildman–Crippen MR) is 136 cm³/mol. The maximum atomic E-state index is 9.99. The van der Waals surface area contributed by atoms with E-state index in [4.69, 9.17) is 28.7 Å². The molecule has 36 heavy (non-hydrogen) atoms. The lowest BCUT2D eigenvalue weighted by atomic mass is 10.0. The molecule has 1 aromatic carbocycles. The molecule has 1 aliphatic heterocycles. The van der Waals surface area contributed by atoms with Gasteiger partial charge in [-0.1, -0.05) is 17.3 Å². The van der Waals surface area contributed by atoms with Gasteiger partial charge in [0.2, 0.25) is 5.88 Å². The Morgan fingerprint density at radius 3 is 2.78 bits per heavy atom. The molecule has 1 fully saturated rings. The van der Waals surface area contributed by atoms with E-state index in [9.17, 15) is 5.11 Å². The van der Waals surface area contributed by atoms with E-state index in [2.05, 4.69) is 10.5 Å². The summed E-state index contributed by atoms with van der Waals surface area (Å²) in [6.45, 7) is 8.55. The summed E-state index contributed by atoms with van der Waals surface area (Å²) in [5.74, 6) is 2.83. The second kappa shape index (κ2) is 12.3. The van der Waals surface area contributed by atoms with E-state index in [1.165, 1.54) is 0 Å².